The molecule has 0 unspecified atom stereocenters. The van der Waals surface area contributed by atoms with Gasteiger partial charge in [0.15, 0.2) is 5.75 Å². The molecular weight excluding hydrogens is 418 g/mol. The molecule has 2 aliphatic heterocycles. The Balaban J connectivity index is 1.26. The zero-order valence-electron chi connectivity index (χ0n) is 18.7. The molecule has 3 nitrogen and oxygen atoms in total. The Kier molecular flexibility index (Phi) is 4.34. The van der Waals surface area contributed by atoms with Crippen LogP contribution in [-0.4, -0.2) is 5.06 Å². The number of benzene rings is 4. The first-order chi connectivity index (χ1) is 16.8. The molecule has 4 aromatic carbocycles. The largest absolute Gasteiger partial charge is 0.458 e. The summed E-state index contributed by atoms with van der Waals surface area (Å²) in [5.41, 5.74) is 9.54. The van der Waals surface area contributed by atoms with Gasteiger partial charge in [-0.3, -0.25) is 0 Å². The maximum absolute atomic E-state index is 6.24. The Labute approximate surface area is 198 Å². The Hall–Kier alpha value is -4.24. The highest BCUT2D eigenvalue weighted by Crippen LogP contribution is 2.44. The summed E-state index contributed by atoms with van der Waals surface area (Å²) in [6.07, 6.45) is 4.05. The van der Waals surface area contributed by atoms with Crippen molar-refractivity contribution in [3.8, 4) is 5.75 Å². The zero-order chi connectivity index (χ0) is 22.5. The van der Waals surface area contributed by atoms with Gasteiger partial charge in [0, 0.05) is 16.5 Å². The van der Waals surface area contributed by atoms with Gasteiger partial charge in [0.25, 0.3) is 0 Å². The van der Waals surface area contributed by atoms with E-state index in [-0.39, 0.29) is 0 Å². The van der Waals surface area contributed by atoms with Crippen LogP contribution in [0.25, 0.3) is 22.7 Å². The lowest BCUT2D eigenvalue weighted by molar-refractivity contribution is 0.00746. The highest BCUT2D eigenvalue weighted by atomic mass is 16.7. The molecule has 5 aromatic rings. The molecule has 0 bridgehead atoms. The van der Waals surface area contributed by atoms with Gasteiger partial charge in [-0.2, -0.15) is 0 Å². The van der Waals surface area contributed by atoms with Crippen LogP contribution in [0.15, 0.2) is 101 Å². The molecule has 0 N–H and O–H groups in total. The van der Waals surface area contributed by atoms with E-state index in [1.807, 2.05) is 5.06 Å². The number of hydroxylamine groups is 2. The van der Waals surface area contributed by atoms with Gasteiger partial charge in [-0.15, -0.1) is 0 Å². The minimum atomic E-state index is 0.604. The first-order valence-corrected chi connectivity index (χ1v) is 11.7. The van der Waals surface area contributed by atoms with E-state index in [0.29, 0.717) is 6.54 Å². The van der Waals surface area contributed by atoms with Gasteiger partial charge < -0.3 is 9.25 Å². The second-order valence-electron chi connectivity index (χ2n) is 9.08. The molecule has 3 heterocycles. The van der Waals surface area contributed by atoms with Crippen LogP contribution in [-0.2, 0) is 19.4 Å². The lowest BCUT2D eigenvalue weighted by atomic mass is 9.97. The average Bonchev–Trinajstić information content (AvgIpc) is 3.40. The lowest BCUT2D eigenvalue weighted by Gasteiger charge is -2.21. The fourth-order valence-corrected chi connectivity index (χ4v) is 5.07. The van der Waals surface area contributed by atoms with Crippen molar-refractivity contribution >= 4 is 22.7 Å². The summed E-state index contributed by atoms with van der Waals surface area (Å²) >= 11 is 0. The molecule has 164 valence electrons. The number of hydrogen-bond acceptors (Lipinski definition) is 3. The Morgan fingerprint density at radius 3 is 2.09 bits per heavy atom. The van der Waals surface area contributed by atoms with Gasteiger partial charge in [-0.05, 0) is 65.4 Å². The fourth-order valence-electron chi connectivity index (χ4n) is 5.07. The highest BCUT2D eigenvalue weighted by Gasteiger charge is 2.32. The maximum Gasteiger partial charge on any atom is 0.164 e. The van der Waals surface area contributed by atoms with Crippen molar-refractivity contribution in [2.75, 3.05) is 0 Å². The van der Waals surface area contributed by atoms with Crippen LogP contribution in [0.5, 0.6) is 5.75 Å². The summed E-state index contributed by atoms with van der Waals surface area (Å²) in [6, 6.07) is 34.2. The third-order valence-electron chi connectivity index (χ3n) is 6.74. The van der Waals surface area contributed by atoms with Crippen LogP contribution in [0.3, 0.4) is 0 Å². The summed E-state index contributed by atoms with van der Waals surface area (Å²) in [5.74, 6) is 1.86. The van der Waals surface area contributed by atoms with Crippen LogP contribution in [0, 0.1) is 0 Å². The summed E-state index contributed by atoms with van der Waals surface area (Å²) in [5, 5.41) is 3.12. The van der Waals surface area contributed by atoms with Crippen molar-refractivity contribution in [3.63, 3.8) is 0 Å². The summed E-state index contributed by atoms with van der Waals surface area (Å²) < 4.78 is 6.24. The minimum Gasteiger partial charge on any atom is -0.458 e. The first-order valence-electron chi connectivity index (χ1n) is 11.7. The van der Waals surface area contributed by atoms with E-state index in [2.05, 4.69) is 103 Å². The number of rotatable bonds is 4. The Bertz CT molecular complexity index is 1550. The number of hydrogen-bond donors (Lipinski definition) is 0. The quantitative estimate of drug-likeness (QED) is 0.294. The molecule has 0 fully saturated rings. The van der Waals surface area contributed by atoms with Crippen molar-refractivity contribution in [1.29, 1.82) is 0 Å². The van der Waals surface area contributed by atoms with Crippen LogP contribution in [0.4, 0.5) is 0 Å². The topological polar surface area (TPSA) is 25.6 Å². The molecule has 34 heavy (non-hydrogen) atoms. The van der Waals surface area contributed by atoms with E-state index in [9.17, 15) is 0 Å². The van der Waals surface area contributed by atoms with Crippen LogP contribution in [0.2, 0.25) is 0 Å². The van der Waals surface area contributed by atoms with E-state index in [1.165, 1.54) is 33.2 Å². The van der Waals surface area contributed by atoms with E-state index in [0.717, 1.165) is 41.2 Å². The van der Waals surface area contributed by atoms with Crippen molar-refractivity contribution in [2.24, 2.45) is 0 Å². The first kappa shape index (κ1) is 19.2. The number of furan rings is 1. The Morgan fingerprint density at radius 2 is 1.35 bits per heavy atom. The van der Waals surface area contributed by atoms with Crippen LogP contribution >= 0.6 is 0 Å². The summed E-state index contributed by atoms with van der Waals surface area (Å²) in [7, 11) is 0. The maximum atomic E-state index is 6.24. The SMILES string of the molecule is C1=C2c3cc(Cc4ccccc4)ccc3ON2Cc2oc3ccc(Cc4ccccc4)cc3c21. The van der Waals surface area contributed by atoms with Crippen molar-refractivity contribution in [1.82, 2.24) is 5.06 Å². The molecule has 0 saturated heterocycles. The molecule has 0 spiro atoms. The highest BCUT2D eigenvalue weighted by molar-refractivity contribution is 5.97. The molecule has 3 heteroatoms. The molecule has 2 aliphatic rings. The van der Waals surface area contributed by atoms with Gasteiger partial charge in [0.2, 0.25) is 0 Å². The summed E-state index contributed by atoms with van der Waals surface area (Å²) in [6.45, 7) is 0.604. The third kappa shape index (κ3) is 3.29. The van der Waals surface area contributed by atoms with E-state index in [1.54, 1.807) is 0 Å². The van der Waals surface area contributed by atoms with Crippen LogP contribution in [0.1, 0.15) is 39.1 Å². The van der Waals surface area contributed by atoms with Gasteiger partial charge in [0.1, 0.15) is 17.9 Å². The van der Waals surface area contributed by atoms with Gasteiger partial charge in [-0.25, -0.2) is 5.06 Å². The normalized spacial score (nSPS) is 13.8. The molecule has 0 saturated carbocycles. The summed E-state index contributed by atoms with van der Waals surface area (Å²) in [4.78, 5) is 6.18. The minimum absolute atomic E-state index is 0.604. The second-order valence-corrected chi connectivity index (χ2v) is 9.08. The number of nitrogens with zero attached hydrogens (tertiary/aromatic N) is 1. The van der Waals surface area contributed by atoms with Crippen LogP contribution < -0.4 is 4.84 Å². The average molecular weight is 442 g/mol. The predicted molar refractivity (Wildman–Crippen MR) is 135 cm³/mol. The lowest BCUT2D eigenvalue weighted by Crippen LogP contribution is -2.22. The van der Waals surface area contributed by atoms with E-state index >= 15 is 0 Å². The molecule has 0 radical (unpaired) electrons. The molecule has 7 rings (SSSR count). The van der Waals surface area contributed by atoms with E-state index < -0.39 is 0 Å². The van der Waals surface area contributed by atoms with Crippen molar-refractivity contribution in [2.45, 2.75) is 19.4 Å². The third-order valence-corrected chi connectivity index (χ3v) is 6.74. The fraction of sp³-hybridized carbons (Fsp3) is 0.0968. The molecule has 0 amide bonds. The van der Waals surface area contributed by atoms with Gasteiger partial charge >= 0.3 is 0 Å². The monoisotopic (exact) mass is 441 g/mol. The predicted octanol–water partition coefficient (Wildman–Crippen LogP) is 7.24. The molecular formula is C31H23NO2. The Morgan fingerprint density at radius 1 is 0.676 bits per heavy atom. The zero-order valence-corrected chi connectivity index (χ0v) is 18.7. The van der Waals surface area contributed by atoms with Gasteiger partial charge in [0.05, 0.1) is 5.70 Å². The number of fused-ring (bicyclic) bond motifs is 6. The van der Waals surface area contributed by atoms with Gasteiger partial charge in [-0.1, -0.05) is 72.8 Å². The van der Waals surface area contributed by atoms with E-state index in [4.69, 9.17) is 9.25 Å². The standard InChI is InChI=1S/C31H23NO2/c1-3-7-21(8-4-1)15-23-11-13-29-25(17-23)26-19-28-27-18-24(16-22-9-5-2-6-10-22)12-14-30(27)34-32(28)20-31(26)33-29/h1-14,17-19H,15-16,20H2. The van der Waals surface area contributed by atoms with Crippen molar-refractivity contribution < 1.29 is 9.25 Å². The van der Waals surface area contributed by atoms with Crippen molar-refractivity contribution in [3.05, 3.63) is 136 Å². The smallest absolute Gasteiger partial charge is 0.164 e. The molecule has 0 atom stereocenters. The molecule has 1 aromatic heterocycles. The molecule has 0 aliphatic carbocycles. The second kappa shape index (κ2) is 7.67.